The molecule has 1 aliphatic carbocycles. The lowest BCUT2D eigenvalue weighted by Gasteiger charge is -2.27. The smallest absolute Gasteiger partial charge is 0.0778 e. The van der Waals surface area contributed by atoms with E-state index in [1.54, 1.807) is 0 Å². The van der Waals surface area contributed by atoms with Crippen LogP contribution in [0, 0.1) is 0 Å². The van der Waals surface area contributed by atoms with E-state index in [2.05, 4.69) is 22.9 Å². The summed E-state index contributed by atoms with van der Waals surface area (Å²) in [7, 11) is 0. The molecule has 1 fully saturated rings. The maximum atomic E-state index is 5.99. The molecule has 0 aromatic carbocycles. The second-order valence-electron chi connectivity index (χ2n) is 4.08. The van der Waals surface area contributed by atoms with Crippen molar-refractivity contribution in [2.24, 2.45) is 0 Å². The highest BCUT2D eigenvalue weighted by molar-refractivity contribution is 9.09. The molecule has 0 N–H and O–H groups in total. The molecular weight excluding hydrogens is 228 g/mol. The minimum Gasteiger partial charge on any atom is -0.374 e. The molecule has 78 valence electrons. The van der Waals surface area contributed by atoms with Gasteiger partial charge in [0.2, 0.25) is 0 Å². The highest BCUT2D eigenvalue weighted by Gasteiger charge is 2.33. The van der Waals surface area contributed by atoms with Crippen molar-refractivity contribution >= 4 is 15.9 Å². The van der Waals surface area contributed by atoms with Crippen molar-refractivity contribution in [2.75, 3.05) is 11.9 Å². The van der Waals surface area contributed by atoms with E-state index in [1.807, 2.05) is 0 Å². The Balaban J connectivity index is 2.16. The molecule has 1 aliphatic rings. The summed E-state index contributed by atoms with van der Waals surface area (Å²) >= 11 is 3.58. The second-order valence-corrected chi connectivity index (χ2v) is 4.64. The molecule has 1 saturated carbocycles. The van der Waals surface area contributed by atoms with E-state index >= 15 is 0 Å². The Hall–Kier alpha value is 0.440. The Morgan fingerprint density at radius 2 is 1.92 bits per heavy atom. The molecule has 0 spiro atoms. The fraction of sp³-hybridized carbons (Fsp3) is 1.00. The van der Waals surface area contributed by atoms with E-state index in [-0.39, 0.29) is 5.60 Å². The van der Waals surface area contributed by atoms with Gasteiger partial charge in [-0.3, -0.25) is 0 Å². The molecule has 13 heavy (non-hydrogen) atoms. The number of halogens is 1. The normalized spacial score (nSPS) is 20.8. The predicted molar refractivity (Wildman–Crippen MR) is 60.5 cm³/mol. The van der Waals surface area contributed by atoms with Gasteiger partial charge in [-0.25, -0.2) is 0 Å². The Labute approximate surface area is 90.4 Å². The van der Waals surface area contributed by atoms with Gasteiger partial charge in [-0.2, -0.15) is 0 Å². The van der Waals surface area contributed by atoms with Crippen LogP contribution in [0.1, 0.15) is 51.9 Å². The lowest BCUT2D eigenvalue weighted by atomic mass is 10.1. The second kappa shape index (κ2) is 6.02. The van der Waals surface area contributed by atoms with Crippen LogP contribution >= 0.6 is 15.9 Å². The quantitative estimate of drug-likeness (QED) is 0.512. The van der Waals surface area contributed by atoms with Gasteiger partial charge in [0.05, 0.1) is 5.60 Å². The Kier molecular flexibility index (Phi) is 5.34. The molecule has 0 radical (unpaired) electrons. The molecule has 2 heteroatoms. The van der Waals surface area contributed by atoms with Crippen LogP contribution in [-0.2, 0) is 4.74 Å². The minimum atomic E-state index is 0.202. The van der Waals surface area contributed by atoms with Gasteiger partial charge in [-0.05, 0) is 19.3 Å². The summed E-state index contributed by atoms with van der Waals surface area (Å²) in [6, 6.07) is 0. The fourth-order valence-corrected chi connectivity index (χ4v) is 2.70. The number of hydrogen-bond donors (Lipinski definition) is 0. The Morgan fingerprint density at radius 1 is 1.23 bits per heavy atom. The summed E-state index contributed by atoms with van der Waals surface area (Å²) in [6.07, 6.45) is 9.02. The third-order valence-corrected chi connectivity index (χ3v) is 3.94. The monoisotopic (exact) mass is 248 g/mol. The van der Waals surface area contributed by atoms with Crippen molar-refractivity contribution in [2.45, 2.75) is 57.5 Å². The van der Waals surface area contributed by atoms with E-state index in [1.165, 1.54) is 44.9 Å². The van der Waals surface area contributed by atoms with Crippen LogP contribution in [0.5, 0.6) is 0 Å². The van der Waals surface area contributed by atoms with Crippen molar-refractivity contribution in [3.63, 3.8) is 0 Å². The summed E-state index contributed by atoms with van der Waals surface area (Å²) in [5, 5.41) is 1.02. The van der Waals surface area contributed by atoms with Gasteiger partial charge in [0.25, 0.3) is 0 Å². The van der Waals surface area contributed by atoms with Gasteiger partial charge in [0, 0.05) is 11.9 Å². The summed E-state index contributed by atoms with van der Waals surface area (Å²) in [5.74, 6) is 0. The van der Waals surface area contributed by atoms with Crippen LogP contribution in [0.15, 0.2) is 0 Å². The van der Waals surface area contributed by atoms with E-state index in [9.17, 15) is 0 Å². The number of rotatable bonds is 6. The van der Waals surface area contributed by atoms with Crippen molar-refractivity contribution in [1.82, 2.24) is 0 Å². The number of alkyl halides is 1. The van der Waals surface area contributed by atoms with Crippen LogP contribution in [-0.4, -0.2) is 17.5 Å². The van der Waals surface area contributed by atoms with Gasteiger partial charge in [0.15, 0.2) is 0 Å². The first-order valence-corrected chi connectivity index (χ1v) is 6.65. The third-order valence-electron chi connectivity index (χ3n) is 2.91. The van der Waals surface area contributed by atoms with E-state index in [0.717, 1.165) is 11.9 Å². The van der Waals surface area contributed by atoms with Crippen LogP contribution in [0.4, 0.5) is 0 Å². The van der Waals surface area contributed by atoms with Crippen LogP contribution < -0.4 is 0 Å². The summed E-state index contributed by atoms with van der Waals surface area (Å²) in [5.41, 5.74) is 0.202. The lowest BCUT2D eigenvalue weighted by Crippen LogP contribution is -2.31. The summed E-state index contributed by atoms with van der Waals surface area (Å²) in [4.78, 5) is 0. The van der Waals surface area contributed by atoms with Crippen molar-refractivity contribution < 1.29 is 4.74 Å². The Morgan fingerprint density at radius 3 is 2.46 bits per heavy atom. The molecule has 1 rings (SSSR count). The third kappa shape index (κ3) is 3.59. The van der Waals surface area contributed by atoms with Crippen LogP contribution in [0.3, 0.4) is 0 Å². The molecule has 0 unspecified atom stereocenters. The summed E-state index contributed by atoms with van der Waals surface area (Å²) < 4.78 is 5.99. The zero-order valence-corrected chi connectivity index (χ0v) is 10.2. The molecule has 0 heterocycles. The standard InChI is InChI=1S/C11H21BrO/c1-2-3-6-9-13-11(10-12)7-4-5-8-11/h2-10H2,1H3. The molecule has 1 nitrogen and oxygen atoms in total. The maximum absolute atomic E-state index is 5.99. The van der Waals surface area contributed by atoms with Gasteiger partial charge < -0.3 is 4.74 Å². The minimum absolute atomic E-state index is 0.202. The molecule has 0 bridgehead atoms. The Bertz CT molecular complexity index is 130. The van der Waals surface area contributed by atoms with Gasteiger partial charge in [0.1, 0.15) is 0 Å². The molecule has 0 aliphatic heterocycles. The van der Waals surface area contributed by atoms with Crippen LogP contribution in [0.25, 0.3) is 0 Å². The SMILES string of the molecule is CCCCCOC1(CBr)CCCC1. The highest BCUT2D eigenvalue weighted by atomic mass is 79.9. The fourth-order valence-electron chi connectivity index (χ4n) is 1.98. The van der Waals surface area contributed by atoms with Crippen molar-refractivity contribution in [1.29, 1.82) is 0 Å². The molecule has 0 atom stereocenters. The first-order chi connectivity index (χ1) is 6.33. The van der Waals surface area contributed by atoms with E-state index in [0.29, 0.717) is 0 Å². The molecular formula is C11H21BrO. The highest BCUT2D eigenvalue weighted by Crippen LogP contribution is 2.34. The first-order valence-electron chi connectivity index (χ1n) is 5.53. The van der Waals surface area contributed by atoms with E-state index in [4.69, 9.17) is 4.74 Å². The number of ether oxygens (including phenoxy) is 1. The van der Waals surface area contributed by atoms with Crippen molar-refractivity contribution in [3.05, 3.63) is 0 Å². The average molecular weight is 249 g/mol. The van der Waals surface area contributed by atoms with Gasteiger partial charge in [-0.1, -0.05) is 48.5 Å². The topological polar surface area (TPSA) is 9.23 Å². The first kappa shape index (κ1) is 11.5. The largest absolute Gasteiger partial charge is 0.374 e. The molecule has 0 amide bonds. The number of hydrogen-bond acceptors (Lipinski definition) is 1. The zero-order chi connectivity index (χ0) is 9.57. The zero-order valence-electron chi connectivity index (χ0n) is 8.65. The maximum Gasteiger partial charge on any atom is 0.0778 e. The molecule has 0 aromatic heterocycles. The molecule has 0 saturated heterocycles. The van der Waals surface area contributed by atoms with E-state index < -0.39 is 0 Å². The lowest BCUT2D eigenvalue weighted by molar-refractivity contribution is -0.0229. The van der Waals surface area contributed by atoms with Crippen molar-refractivity contribution in [3.8, 4) is 0 Å². The van der Waals surface area contributed by atoms with Gasteiger partial charge in [-0.15, -0.1) is 0 Å². The van der Waals surface area contributed by atoms with Crippen LogP contribution in [0.2, 0.25) is 0 Å². The predicted octanol–water partition coefficient (Wildman–Crippen LogP) is 3.90. The van der Waals surface area contributed by atoms with Gasteiger partial charge >= 0.3 is 0 Å². The summed E-state index contributed by atoms with van der Waals surface area (Å²) in [6.45, 7) is 3.19. The average Bonchev–Trinajstić information content (AvgIpc) is 2.62. The molecule has 0 aromatic rings. The number of unbranched alkanes of at least 4 members (excludes halogenated alkanes) is 2.